The number of aromatic nitrogens is 3. The number of nitrogens with one attached hydrogen (secondary N) is 1. The molecule has 2 aliphatic rings. The lowest BCUT2D eigenvalue weighted by atomic mass is 9.91. The van der Waals surface area contributed by atoms with Crippen LogP contribution in [0.25, 0.3) is 0 Å². The number of hydrogen-bond donors (Lipinski definition) is 1. The quantitative estimate of drug-likeness (QED) is 0.804. The average molecular weight is 249 g/mol. The molecule has 1 aromatic rings. The summed E-state index contributed by atoms with van der Waals surface area (Å²) >= 11 is 0. The Morgan fingerprint density at radius 2 is 2.39 bits per heavy atom. The molecule has 3 rings (SSSR count). The summed E-state index contributed by atoms with van der Waals surface area (Å²) in [5.41, 5.74) is 0. The molecule has 18 heavy (non-hydrogen) atoms. The molecule has 0 bridgehead atoms. The Bertz CT molecular complexity index is 418. The molecule has 6 heteroatoms. The second-order valence-corrected chi connectivity index (χ2v) is 5.21. The summed E-state index contributed by atoms with van der Waals surface area (Å²) in [6.07, 6.45) is 5.43. The van der Waals surface area contributed by atoms with Gasteiger partial charge in [0.2, 0.25) is 5.91 Å². The van der Waals surface area contributed by atoms with Crippen molar-refractivity contribution in [2.75, 3.05) is 19.6 Å². The van der Waals surface area contributed by atoms with Crippen molar-refractivity contribution < 1.29 is 4.79 Å². The van der Waals surface area contributed by atoms with Crippen molar-refractivity contribution in [3.8, 4) is 0 Å². The van der Waals surface area contributed by atoms with Gasteiger partial charge in [0.1, 0.15) is 18.7 Å². The van der Waals surface area contributed by atoms with E-state index in [9.17, 15) is 4.79 Å². The lowest BCUT2D eigenvalue weighted by Crippen LogP contribution is -2.50. The van der Waals surface area contributed by atoms with Crippen LogP contribution in [0, 0.1) is 5.92 Å². The Morgan fingerprint density at radius 3 is 3.17 bits per heavy atom. The first-order valence-corrected chi connectivity index (χ1v) is 6.62. The van der Waals surface area contributed by atoms with Gasteiger partial charge in [-0.1, -0.05) is 0 Å². The maximum atomic E-state index is 12.5. The van der Waals surface area contributed by atoms with E-state index in [1.54, 1.807) is 11.0 Å². The minimum absolute atomic E-state index is 0.166. The van der Waals surface area contributed by atoms with Gasteiger partial charge < -0.3 is 10.2 Å². The number of carbonyl (C=O) groups is 1. The molecule has 1 N–H and O–H groups in total. The van der Waals surface area contributed by atoms with E-state index in [1.165, 1.54) is 12.7 Å². The maximum Gasteiger partial charge on any atom is 0.247 e. The molecule has 1 aromatic heterocycles. The summed E-state index contributed by atoms with van der Waals surface area (Å²) in [4.78, 5) is 18.5. The number of fused-ring (bicyclic) bond motifs is 1. The first-order chi connectivity index (χ1) is 8.77. The van der Waals surface area contributed by atoms with Gasteiger partial charge in [-0.15, -0.1) is 0 Å². The van der Waals surface area contributed by atoms with Gasteiger partial charge in [-0.2, -0.15) is 5.10 Å². The number of amides is 1. The molecular formula is C12H19N5O. The second kappa shape index (κ2) is 4.68. The van der Waals surface area contributed by atoms with Crippen LogP contribution in [0.15, 0.2) is 12.7 Å². The standard InChI is InChI=1S/C12H19N5O/c1-9(17-8-14-7-15-17)12(18)16-4-2-3-10-5-13-6-11(10)16/h7-11,13H,2-6H2,1H3. The molecule has 2 fully saturated rings. The predicted molar refractivity (Wildman–Crippen MR) is 65.8 cm³/mol. The molecule has 2 saturated heterocycles. The molecule has 0 radical (unpaired) electrons. The number of likely N-dealkylation sites (tertiary alicyclic amines) is 1. The smallest absolute Gasteiger partial charge is 0.247 e. The second-order valence-electron chi connectivity index (χ2n) is 5.21. The molecule has 6 nitrogen and oxygen atoms in total. The predicted octanol–water partition coefficient (Wildman–Crippen LogP) is 0.0495. The van der Waals surface area contributed by atoms with Gasteiger partial charge >= 0.3 is 0 Å². The van der Waals surface area contributed by atoms with E-state index in [0.29, 0.717) is 12.0 Å². The van der Waals surface area contributed by atoms with Crippen LogP contribution < -0.4 is 5.32 Å². The summed E-state index contributed by atoms with van der Waals surface area (Å²) in [6, 6.07) is 0.115. The Morgan fingerprint density at radius 1 is 1.50 bits per heavy atom. The lowest BCUT2D eigenvalue weighted by Gasteiger charge is -2.38. The van der Waals surface area contributed by atoms with Gasteiger partial charge in [0.05, 0.1) is 0 Å². The average Bonchev–Trinajstić information content (AvgIpc) is 3.06. The van der Waals surface area contributed by atoms with Crippen molar-refractivity contribution >= 4 is 5.91 Å². The third kappa shape index (κ3) is 1.90. The fourth-order valence-corrected chi connectivity index (χ4v) is 3.11. The minimum Gasteiger partial charge on any atom is -0.336 e. The topological polar surface area (TPSA) is 63.1 Å². The van der Waals surface area contributed by atoms with Crippen molar-refractivity contribution in [3.63, 3.8) is 0 Å². The summed E-state index contributed by atoms with van der Waals surface area (Å²) in [5, 5.41) is 7.45. The molecular weight excluding hydrogens is 230 g/mol. The highest BCUT2D eigenvalue weighted by Gasteiger charge is 2.38. The molecule has 2 aliphatic heterocycles. The molecule has 0 saturated carbocycles. The fraction of sp³-hybridized carbons (Fsp3) is 0.750. The number of carbonyl (C=O) groups excluding carboxylic acids is 1. The van der Waals surface area contributed by atoms with Gasteiger partial charge in [0.25, 0.3) is 0 Å². The highest BCUT2D eigenvalue weighted by Crippen LogP contribution is 2.28. The third-order valence-electron chi connectivity index (χ3n) is 4.15. The first kappa shape index (κ1) is 11.6. The Hall–Kier alpha value is -1.43. The normalized spacial score (nSPS) is 29.1. The van der Waals surface area contributed by atoms with Gasteiger partial charge in [0, 0.05) is 25.7 Å². The van der Waals surface area contributed by atoms with Crippen LogP contribution in [0.3, 0.4) is 0 Å². The van der Waals surface area contributed by atoms with Crippen LogP contribution in [0.1, 0.15) is 25.8 Å². The zero-order valence-electron chi connectivity index (χ0n) is 10.6. The first-order valence-electron chi connectivity index (χ1n) is 6.62. The van der Waals surface area contributed by atoms with E-state index in [0.717, 1.165) is 26.1 Å². The van der Waals surface area contributed by atoms with Crippen molar-refractivity contribution in [3.05, 3.63) is 12.7 Å². The van der Waals surface area contributed by atoms with Gasteiger partial charge in [0.15, 0.2) is 0 Å². The van der Waals surface area contributed by atoms with Crippen molar-refractivity contribution in [2.24, 2.45) is 5.92 Å². The number of rotatable bonds is 2. The molecule has 0 aromatic carbocycles. The van der Waals surface area contributed by atoms with Gasteiger partial charge in [-0.05, 0) is 25.7 Å². The van der Waals surface area contributed by atoms with Crippen LogP contribution in [-0.4, -0.2) is 51.2 Å². The van der Waals surface area contributed by atoms with Crippen LogP contribution in [0.4, 0.5) is 0 Å². The summed E-state index contributed by atoms with van der Waals surface area (Å²) in [5.74, 6) is 0.796. The summed E-state index contributed by atoms with van der Waals surface area (Å²) in [6.45, 7) is 4.75. The SMILES string of the molecule is CC(C(=O)N1CCCC2CNCC21)n1cncn1. The van der Waals surface area contributed by atoms with Crippen LogP contribution >= 0.6 is 0 Å². The maximum absolute atomic E-state index is 12.5. The Labute approximate surface area is 106 Å². The summed E-state index contributed by atoms with van der Waals surface area (Å²) < 4.78 is 1.63. The lowest BCUT2D eigenvalue weighted by molar-refractivity contribution is -0.138. The Kier molecular flexibility index (Phi) is 3.03. The Balaban J connectivity index is 1.75. The van der Waals surface area contributed by atoms with E-state index in [1.807, 2.05) is 11.8 Å². The van der Waals surface area contributed by atoms with Gasteiger partial charge in [-0.25, -0.2) is 9.67 Å². The zero-order valence-corrected chi connectivity index (χ0v) is 10.6. The highest BCUT2D eigenvalue weighted by atomic mass is 16.2. The van der Waals surface area contributed by atoms with Crippen LogP contribution in [0.2, 0.25) is 0 Å². The van der Waals surface area contributed by atoms with Crippen LogP contribution in [0.5, 0.6) is 0 Å². The van der Waals surface area contributed by atoms with Crippen molar-refractivity contribution in [1.29, 1.82) is 0 Å². The van der Waals surface area contributed by atoms with Crippen LogP contribution in [-0.2, 0) is 4.79 Å². The summed E-state index contributed by atoms with van der Waals surface area (Å²) in [7, 11) is 0. The fourth-order valence-electron chi connectivity index (χ4n) is 3.11. The molecule has 98 valence electrons. The number of hydrogen-bond acceptors (Lipinski definition) is 4. The minimum atomic E-state index is -0.258. The van der Waals surface area contributed by atoms with Crippen molar-refractivity contribution in [1.82, 2.24) is 25.0 Å². The number of nitrogens with zero attached hydrogens (tertiary/aromatic N) is 4. The largest absolute Gasteiger partial charge is 0.336 e. The highest BCUT2D eigenvalue weighted by molar-refractivity contribution is 5.80. The van der Waals surface area contributed by atoms with E-state index >= 15 is 0 Å². The monoisotopic (exact) mass is 249 g/mol. The van der Waals surface area contributed by atoms with E-state index < -0.39 is 0 Å². The number of piperidine rings is 1. The molecule has 3 heterocycles. The van der Waals surface area contributed by atoms with E-state index in [4.69, 9.17) is 0 Å². The van der Waals surface area contributed by atoms with E-state index in [-0.39, 0.29) is 11.9 Å². The van der Waals surface area contributed by atoms with E-state index in [2.05, 4.69) is 15.4 Å². The third-order valence-corrected chi connectivity index (χ3v) is 4.15. The van der Waals surface area contributed by atoms with Gasteiger partial charge in [-0.3, -0.25) is 4.79 Å². The molecule has 3 unspecified atom stereocenters. The molecule has 1 amide bonds. The molecule has 3 atom stereocenters. The molecule has 0 aliphatic carbocycles. The molecule has 0 spiro atoms. The zero-order chi connectivity index (χ0) is 12.5. The van der Waals surface area contributed by atoms with Crippen molar-refractivity contribution in [2.45, 2.75) is 31.8 Å².